The van der Waals surface area contributed by atoms with E-state index in [1.165, 1.54) is 11.1 Å². The van der Waals surface area contributed by atoms with Crippen LogP contribution in [0.3, 0.4) is 0 Å². The number of sulfonamides is 1. The number of alkyl halides is 1. The third kappa shape index (κ3) is 2.55. The Morgan fingerprint density at radius 3 is 2.55 bits per heavy atom. The molecule has 0 N–H and O–H groups in total. The van der Waals surface area contributed by atoms with Gasteiger partial charge in [-0.15, -0.1) is 0 Å². The Kier molecular flexibility index (Phi) is 4.20. The fourth-order valence-electron chi connectivity index (χ4n) is 3.10. The minimum absolute atomic E-state index is 0.200. The highest BCUT2D eigenvalue weighted by Gasteiger charge is 2.34. The van der Waals surface area contributed by atoms with Gasteiger partial charge in [0.2, 0.25) is 10.0 Å². The van der Waals surface area contributed by atoms with E-state index in [0.717, 1.165) is 38.5 Å². The van der Waals surface area contributed by atoms with Gasteiger partial charge < -0.3 is 0 Å². The summed E-state index contributed by atoms with van der Waals surface area (Å²) in [7, 11) is -3.34. The topological polar surface area (TPSA) is 37.4 Å². The number of hydrogen-bond donors (Lipinski definition) is 0. The Labute approximate surface area is 129 Å². The Morgan fingerprint density at radius 1 is 1.15 bits per heavy atom. The summed E-state index contributed by atoms with van der Waals surface area (Å²) in [6.07, 6.45) is 6.38. The lowest BCUT2D eigenvalue weighted by atomic mass is 9.93. The van der Waals surface area contributed by atoms with E-state index in [1.807, 2.05) is 12.1 Å². The highest BCUT2D eigenvalue weighted by atomic mass is 79.9. The first-order valence-corrected chi connectivity index (χ1v) is 9.88. The van der Waals surface area contributed by atoms with Crippen molar-refractivity contribution >= 4 is 26.0 Å². The maximum Gasteiger partial charge on any atom is 0.243 e. The van der Waals surface area contributed by atoms with Crippen molar-refractivity contribution in [2.75, 3.05) is 11.9 Å². The van der Waals surface area contributed by atoms with Crippen LogP contribution in [0.1, 0.15) is 36.8 Å². The number of aryl methyl sites for hydroxylation is 2. The van der Waals surface area contributed by atoms with E-state index in [0.29, 0.717) is 16.8 Å². The summed E-state index contributed by atoms with van der Waals surface area (Å²) >= 11 is 3.38. The highest BCUT2D eigenvalue weighted by molar-refractivity contribution is 9.09. The van der Waals surface area contributed by atoms with Crippen molar-refractivity contribution in [1.82, 2.24) is 4.31 Å². The zero-order valence-corrected chi connectivity index (χ0v) is 13.9. The van der Waals surface area contributed by atoms with Crippen LogP contribution in [0, 0.1) is 0 Å². The molecule has 0 unspecified atom stereocenters. The van der Waals surface area contributed by atoms with Gasteiger partial charge in [-0.3, -0.25) is 0 Å². The second kappa shape index (κ2) is 5.78. The van der Waals surface area contributed by atoms with Crippen molar-refractivity contribution in [3.8, 4) is 0 Å². The van der Waals surface area contributed by atoms with Crippen LogP contribution in [0.25, 0.3) is 0 Å². The van der Waals surface area contributed by atoms with Gasteiger partial charge in [-0.2, -0.15) is 4.31 Å². The molecule has 0 heterocycles. The summed E-state index contributed by atoms with van der Waals surface area (Å²) in [6, 6.07) is 5.89. The zero-order valence-electron chi connectivity index (χ0n) is 11.5. The van der Waals surface area contributed by atoms with Crippen LogP contribution in [0.15, 0.2) is 23.1 Å². The number of rotatable bonds is 5. The zero-order chi connectivity index (χ0) is 14.2. The Balaban J connectivity index is 1.93. The van der Waals surface area contributed by atoms with Gasteiger partial charge >= 0.3 is 0 Å². The number of fused-ring (bicyclic) bond motifs is 1. The lowest BCUT2D eigenvalue weighted by Gasteiger charge is -2.36. The fourth-order valence-corrected chi connectivity index (χ4v) is 5.45. The lowest BCUT2D eigenvalue weighted by molar-refractivity contribution is 0.228. The van der Waals surface area contributed by atoms with Crippen molar-refractivity contribution in [2.45, 2.75) is 49.5 Å². The van der Waals surface area contributed by atoms with E-state index >= 15 is 0 Å². The van der Waals surface area contributed by atoms with Gasteiger partial charge in [0.25, 0.3) is 0 Å². The second-order valence-electron chi connectivity index (χ2n) is 5.67. The minimum atomic E-state index is -3.34. The number of nitrogens with zero attached hydrogens (tertiary/aromatic N) is 1. The molecule has 2 aliphatic carbocycles. The minimum Gasteiger partial charge on any atom is -0.207 e. The van der Waals surface area contributed by atoms with E-state index in [9.17, 15) is 8.42 Å². The van der Waals surface area contributed by atoms with Crippen LogP contribution in [0.2, 0.25) is 0 Å². The molecule has 0 saturated heterocycles. The molecule has 0 amide bonds. The first-order valence-electron chi connectivity index (χ1n) is 7.32. The average molecular weight is 358 g/mol. The van der Waals surface area contributed by atoms with Gasteiger partial charge in [0.15, 0.2) is 0 Å². The third-order valence-electron chi connectivity index (χ3n) is 4.46. The Hall–Kier alpha value is -0.390. The molecule has 0 aromatic heterocycles. The SMILES string of the molecule is O=S(=O)(c1ccc2c(c1)CCC2)N(CCBr)C1CCC1. The second-order valence-corrected chi connectivity index (χ2v) is 8.36. The lowest BCUT2D eigenvalue weighted by Crippen LogP contribution is -2.45. The van der Waals surface area contributed by atoms with Crippen molar-refractivity contribution in [3.63, 3.8) is 0 Å². The molecule has 0 bridgehead atoms. The van der Waals surface area contributed by atoms with Gasteiger partial charge in [-0.25, -0.2) is 8.42 Å². The van der Waals surface area contributed by atoms with E-state index in [4.69, 9.17) is 0 Å². The molecule has 3 nitrogen and oxygen atoms in total. The van der Waals surface area contributed by atoms with E-state index in [1.54, 1.807) is 10.4 Å². The summed E-state index contributed by atoms with van der Waals surface area (Å²) in [5, 5.41) is 0.688. The fraction of sp³-hybridized carbons (Fsp3) is 0.600. The number of hydrogen-bond acceptors (Lipinski definition) is 2. The molecule has 2 aliphatic rings. The summed E-state index contributed by atoms with van der Waals surface area (Å²) in [5.74, 6) is 0. The molecule has 0 atom stereocenters. The van der Waals surface area contributed by atoms with Crippen LogP contribution in [0.4, 0.5) is 0 Å². The van der Waals surface area contributed by atoms with Crippen LogP contribution >= 0.6 is 15.9 Å². The van der Waals surface area contributed by atoms with Gasteiger partial charge in [0.05, 0.1) is 4.90 Å². The normalized spacial score (nSPS) is 19.1. The first-order chi connectivity index (χ1) is 9.63. The molecule has 1 aromatic rings. The molecule has 1 saturated carbocycles. The van der Waals surface area contributed by atoms with Crippen LogP contribution < -0.4 is 0 Å². The summed E-state index contributed by atoms with van der Waals surface area (Å²) < 4.78 is 27.4. The molecule has 0 radical (unpaired) electrons. The van der Waals surface area contributed by atoms with Crippen molar-refractivity contribution in [1.29, 1.82) is 0 Å². The van der Waals surface area contributed by atoms with Crippen molar-refractivity contribution in [2.24, 2.45) is 0 Å². The van der Waals surface area contributed by atoms with Gasteiger partial charge in [-0.1, -0.05) is 28.4 Å². The Bertz CT molecular complexity index is 596. The first kappa shape index (κ1) is 14.5. The van der Waals surface area contributed by atoms with E-state index in [-0.39, 0.29) is 6.04 Å². The Morgan fingerprint density at radius 2 is 1.90 bits per heavy atom. The van der Waals surface area contributed by atoms with Gasteiger partial charge in [0.1, 0.15) is 0 Å². The monoisotopic (exact) mass is 357 g/mol. The molecule has 0 spiro atoms. The average Bonchev–Trinajstić information content (AvgIpc) is 2.83. The van der Waals surface area contributed by atoms with Gasteiger partial charge in [-0.05, 0) is 55.4 Å². The maximum absolute atomic E-state index is 12.9. The third-order valence-corrected chi connectivity index (χ3v) is 6.77. The predicted molar refractivity (Wildman–Crippen MR) is 83.8 cm³/mol. The van der Waals surface area contributed by atoms with E-state index < -0.39 is 10.0 Å². The molecule has 1 fully saturated rings. The van der Waals surface area contributed by atoms with Crippen molar-refractivity contribution < 1.29 is 8.42 Å². The molecular weight excluding hydrogens is 338 g/mol. The smallest absolute Gasteiger partial charge is 0.207 e. The summed E-state index contributed by atoms with van der Waals surface area (Å²) in [5.41, 5.74) is 2.54. The van der Waals surface area contributed by atoms with Crippen LogP contribution in [0.5, 0.6) is 0 Å². The predicted octanol–water partition coefficient (Wildman–Crippen LogP) is 3.11. The number of halogens is 1. The van der Waals surface area contributed by atoms with Gasteiger partial charge in [0, 0.05) is 17.9 Å². The number of benzene rings is 1. The van der Waals surface area contributed by atoms with Crippen LogP contribution in [-0.2, 0) is 22.9 Å². The molecule has 5 heteroatoms. The molecular formula is C15H20BrNO2S. The van der Waals surface area contributed by atoms with Crippen LogP contribution in [-0.4, -0.2) is 30.6 Å². The largest absolute Gasteiger partial charge is 0.243 e. The summed E-state index contributed by atoms with van der Waals surface area (Å²) in [4.78, 5) is 0.478. The van der Waals surface area contributed by atoms with Crippen molar-refractivity contribution in [3.05, 3.63) is 29.3 Å². The molecule has 20 heavy (non-hydrogen) atoms. The molecule has 0 aliphatic heterocycles. The maximum atomic E-state index is 12.9. The molecule has 110 valence electrons. The quantitative estimate of drug-likeness (QED) is 0.759. The molecule has 3 rings (SSSR count). The molecule has 1 aromatic carbocycles. The standard InChI is InChI=1S/C15H20BrNO2S/c16-9-10-17(14-5-2-6-14)20(18,19)15-8-7-12-3-1-4-13(12)11-15/h7-8,11,14H,1-6,9-10H2. The summed E-state index contributed by atoms with van der Waals surface area (Å²) in [6.45, 7) is 0.560. The van der Waals surface area contributed by atoms with E-state index in [2.05, 4.69) is 15.9 Å². The highest BCUT2D eigenvalue weighted by Crippen LogP contribution is 2.32.